The number of alkyl halides is 2. The quantitative estimate of drug-likeness (QED) is 0.305. The van der Waals surface area contributed by atoms with E-state index in [1.165, 1.54) is 0 Å². The first-order chi connectivity index (χ1) is 2.64. The highest BCUT2D eigenvalue weighted by atomic mass is 127. The summed E-state index contributed by atoms with van der Waals surface area (Å²) in [4.78, 5) is 0. The summed E-state index contributed by atoms with van der Waals surface area (Å²) in [5.41, 5.74) is 0. The maximum Gasteiger partial charge on any atom is 0.108 e. The molecular weight excluding hydrogens is 345 g/mol. The molecule has 36 valence electrons. The Labute approximate surface area is 74.3 Å². The van der Waals surface area contributed by atoms with E-state index in [1.807, 2.05) is 0 Å². The van der Waals surface area contributed by atoms with Gasteiger partial charge in [0.05, 0.1) is 0 Å². The van der Waals surface area contributed by atoms with Crippen molar-refractivity contribution in [2.75, 3.05) is 0 Å². The molecule has 0 aliphatic rings. The summed E-state index contributed by atoms with van der Waals surface area (Å²) in [6, 6.07) is 0. The van der Waals surface area contributed by atoms with E-state index >= 15 is 0 Å². The molecule has 0 nitrogen and oxygen atoms in total. The molecule has 4 heteroatoms. The van der Waals surface area contributed by atoms with Gasteiger partial charge in [0.1, 0.15) is 6.26 Å². The van der Waals surface area contributed by atoms with E-state index in [2.05, 4.69) is 57.4 Å². The van der Waals surface area contributed by atoms with Gasteiger partial charge in [0, 0.05) is 0 Å². The van der Waals surface area contributed by atoms with Gasteiger partial charge in [-0.25, -0.2) is 0 Å². The molecular formula is C2HClI2S. The van der Waals surface area contributed by atoms with Gasteiger partial charge in [-0.1, -0.05) is 69.0 Å². The van der Waals surface area contributed by atoms with Crippen molar-refractivity contribution < 1.29 is 0 Å². The van der Waals surface area contributed by atoms with E-state index in [-0.39, 0.29) is 1.93 Å². The van der Waals surface area contributed by atoms with Crippen LogP contribution in [0.2, 0.25) is 0 Å². The molecule has 0 saturated carbocycles. The first-order valence-electron chi connectivity index (χ1n) is 1.12. The van der Waals surface area contributed by atoms with Gasteiger partial charge in [0.25, 0.3) is 0 Å². The standard InChI is InChI=1S/C2HClI2S/c3-1(6)2(4)5/h2H. The number of rotatable bonds is 1. The van der Waals surface area contributed by atoms with Gasteiger partial charge in [-0.2, -0.15) is 0 Å². The van der Waals surface area contributed by atoms with Gasteiger partial charge in [-0.15, -0.1) is 0 Å². The number of hydrogen-bond donors (Lipinski definition) is 0. The SMILES string of the molecule is S=C(Cl)C(I)I. The molecule has 0 aromatic heterocycles. The molecule has 0 heterocycles. The topological polar surface area (TPSA) is 0 Å². The zero-order chi connectivity index (χ0) is 5.15. The second-order valence-corrected chi connectivity index (χ2v) is 6.55. The van der Waals surface area contributed by atoms with Crippen molar-refractivity contribution >= 4 is 73.3 Å². The summed E-state index contributed by atoms with van der Waals surface area (Å²) in [7, 11) is 0. The summed E-state index contributed by atoms with van der Waals surface area (Å²) >= 11 is 14.2. The van der Waals surface area contributed by atoms with Gasteiger partial charge in [0.15, 0.2) is 0 Å². The molecule has 0 aromatic carbocycles. The third-order valence-electron chi connectivity index (χ3n) is 0.172. The van der Waals surface area contributed by atoms with Crippen LogP contribution >= 0.6 is 69.0 Å². The van der Waals surface area contributed by atoms with Crippen LogP contribution in [-0.4, -0.2) is 6.26 Å². The Morgan fingerprint density at radius 2 is 1.83 bits per heavy atom. The van der Waals surface area contributed by atoms with Crippen LogP contribution in [0.3, 0.4) is 0 Å². The minimum Gasteiger partial charge on any atom is -0.0744 e. The Morgan fingerprint density at radius 3 is 1.83 bits per heavy atom. The molecule has 0 atom stereocenters. The smallest absolute Gasteiger partial charge is 0.0744 e. The second kappa shape index (κ2) is 3.80. The maximum atomic E-state index is 5.33. The Bertz CT molecular complexity index is 62.6. The molecule has 0 amide bonds. The van der Waals surface area contributed by atoms with Gasteiger partial charge in [-0.05, 0) is 0 Å². The predicted octanol–water partition coefficient (Wildman–Crippen LogP) is 2.75. The first kappa shape index (κ1) is 7.84. The normalized spacial score (nSPS) is 9.33. The molecule has 6 heavy (non-hydrogen) atoms. The van der Waals surface area contributed by atoms with Crippen molar-refractivity contribution in [2.24, 2.45) is 0 Å². The molecule has 0 saturated heterocycles. The van der Waals surface area contributed by atoms with Crippen LogP contribution in [-0.2, 0) is 0 Å². The minimum absolute atomic E-state index is 0.289. The summed E-state index contributed by atoms with van der Waals surface area (Å²) in [5, 5.41) is 0. The fraction of sp³-hybridized carbons (Fsp3) is 0.500. The molecule has 0 unspecified atom stereocenters. The van der Waals surface area contributed by atoms with Crippen LogP contribution < -0.4 is 0 Å². The number of hydrogen-bond acceptors (Lipinski definition) is 1. The van der Waals surface area contributed by atoms with Crippen molar-refractivity contribution in [1.29, 1.82) is 0 Å². The zero-order valence-electron chi connectivity index (χ0n) is 2.62. The summed E-state index contributed by atoms with van der Waals surface area (Å²) in [5.74, 6) is 0. The van der Waals surface area contributed by atoms with E-state index in [9.17, 15) is 0 Å². The number of thiocarbonyl (C=S) groups is 1. The van der Waals surface area contributed by atoms with Gasteiger partial charge in [0.2, 0.25) is 0 Å². The monoisotopic (exact) mass is 346 g/mol. The highest BCUT2D eigenvalue weighted by Gasteiger charge is 1.97. The first-order valence-corrected chi connectivity index (χ1v) is 4.40. The third kappa shape index (κ3) is 4.01. The van der Waals surface area contributed by atoms with Gasteiger partial charge >= 0.3 is 0 Å². The highest BCUT2D eigenvalue weighted by molar-refractivity contribution is 14.2. The second-order valence-electron chi connectivity index (χ2n) is 0.605. The summed E-state index contributed by atoms with van der Waals surface area (Å²) in [6.07, 6.45) is 0. The van der Waals surface area contributed by atoms with Crippen LogP contribution in [0, 0.1) is 0 Å². The molecule has 0 aliphatic heterocycles. The van der Waals surface area contributed by atoms with Crippen LogP contribution in [0.4, 0.5) is 0 Å². The fourth-order valence-corrected chi connectivity index (χ4v) is 0. The molecule has 0 N–H and O–H groups in total. The maximum absolute atomic E-state index is 5.33. The van der Waals surface area contributed by atoms with E-state index < -0.39 is 0 Å². The lowest BCUT2D eigenvalue weighted by atomic mass is 11.0. The fourth-order valence-electron chi connectivity index (χ4n) is 0. The van der Waals surface area contributed by atoms with Crippen molar-refractivity contribution in [3.63, 3.8) is 0 Å². The summed E-state index contributed by atoms with van der Waals surface area (Å²) in [6.45, 7) is 0. The van der Waals surface area contributed by atoms with E-state index in [0.717, 1.165) is 0 Å². The Morgan fingerprint density at radius 1 is 1.67 bits per heavy atom. The molecule has 0 radical (unpaired) electrons. The number of halogens is 3. The van der Waals surface area contributed by atoms with Crippen molar-refractivity contribution in [2.45, 2.75) is 1.93 Å². The molecule has 0 spiro atoms. The summed E-state index contributed by atoms with van der Waals surface area (Å²) < 4.78 is 0.827. The lowest BCUT2D eigenvalue weighted by molar-refractivity contribution is 2.16. The van der Waals surface area contributed by atoms with Crippen LogP contribution in [0.15, 0.2) is 0 Å². The Balaban J connectivity index is 3.26. The molecule has 0 fully saturated rings. The van der Waals surface area contributed by atoms with Crippen LogP contribution in [0.5, 0.6) is 0 Å². The minimum atomic E-state index is 0.289. The van der Waals surface area contributed by atoms with Crippen molar-refractivity contribution in [3.05, 3.63) is 0 Å². The zero-order valence-corrected chi connectivity index (χ0v) is 8.51. The Hall–Kier alpha value is 1.84. The molecule has 0 aliphatic carbocycles. The van der Waals surface area contributed by atoms with E-state index in [1.54, 1.807) is 0 Å². The average Bonchev–Trinajstić information content (AvgIpc) is 1.36. The van der Waals surface area contributed by atoms with Crippen molar-refractivity contribution in [1.82, 2.24) is 0 Å². The molecule has 0 rings (SSSR count). The van der Waals surface area contributed by atoms with Gasteiger partial charge in [-0.3, -0.25) is 0 Å². The lowest BCUT2D eigenvalue weighted by Gasteiger charge is -1.87. The van der Waals surface area contributed by atoms with E-state index in [0.29, 0.717) is 4.32 Å². The van der Waals surface area contributed by atoms with Crippen molar-refractivity contribution in [3.8, 4) is 0 Å². The average molecular weight is 346 g/mol. The third-order valence-corrected chi connectivity index (χ3v) is 3.45. The van der Waals surface area contributed by atoms with Crippen LogP contribution in [0.1, 0.15) is 0 Å². The van der Waals surface area contributed by atoms with Crippen LogP contribution in [0.25, 0.3) is 0 Å². The predicted molar refractivity (Wildman–Crippen MR) is 50.3 cm³/mol. The Kier molecular flexibility index (Phi) is 4.96. The highest BCUT2D eigenvalue weighted by Crippen LogP contribution is 2.13. The largest absolute Gasteiger partial charge is 0.108 e. The van der Waals surface area contributed by atoms with E-state index in [4.69, 9.17) is 11.6 Å². The van der Waals surface area contributed by atoms with Gasteiger partial charge < -0.3 is 0 Å². The molecule has 0 bridgehead atoms. The lowest BCUT2D eigenvalue weighted by Crippen LogP contribution is -1.89. The molecule has 0 aromatic rings.